The second-order valence-corrected chi connectivity index (χ2v) is 6.91. The first-order valence-electron chi connectivity index (χ1n) is 5.84. The molecule has 6 nitrogen and oxygen atoms in total. The van der Waals surface area contributed by atoms with Gasteiger partial charge in [0, 0.05) is 19.3 Å². The van der Waals surface area contributed by atoms with Gasteiger partial charge in [0.05, 0.1) is 10.5 Å². The summed E-state index contributed by atoms with van der Waals surface area (Å²) in [6, 6.07) is 1.13. The van der Waals surface area contributed by atoms with Gasteiger partial charge in [-0.05, 0) is 25.8 Å². The Kier molecular flexibility index (Phi) is 4.00. The van der Waals surface area contributed by atoms with Crippen molar-refractivity contribution in [1.29, 1.82) is 0 Å². The van der Waals surface area contributed by atoms with Crippen LogP contribution in [0.1, 0.15) is 19.8 Å². The summed E-state index contributed by atoms with van der Waals surface area (Å²) in [5, 5.41) is -0.161. The Labute approximate surface area is 116 Å². The molecular formula is C11H15ClN2O4S. The normalized spacial score (nSPS) is 23.7. The summed E-state index contributed by atoms with van der Waals surface area (Å²) in [7, 11) is -3.71. The van der Waals surface area contributed by atoms with Crippen molar-refractivity contribution in [1.82, 2.24) is 9.71 Å². The van der Waals surface area contributed by atoms with E-state index in [1.54, 1.807) is 0 Å². The first-order chi connectivity index (χ1) is 8.82. The third-order valence-electron chi connectivity index (χ3n) is 3.08. The molecule has 1 aromatic heterocycles. The SMILES string of the molecule is CC1(CNS(=O)(=O)c2c[nH]c(=O)c(Cl)c2)CCCO1. The van der Waals surface area contributed by atoms with Crippen LogP contribution in [0.5, 0.6) is 0 Å². The van der Waals surface area contributed by atoms with E-state index in [1.165, 1.54) is 0 Å². The zero-order valence-corrected chi connectivity index (χ0v) is 12.0. The number of pyridine rings is 1. The van der Waals surface area contributed by atoms with Crippen molar-refractivity contribution in [2.45, 2.75) is 30.3 Å². The number of aromatic amines is 1. The maximum atomic E-state index is 12.0. The maximum Gasteiger partial charge on any atom is 0.266 e. The number of hydrogen-bond acceptors (Lipinski definition) is 4. The predicted octanol–water partition coefficient (Wildman–Crippen LogP) is 0.876. The summed E-state index contributed by atoms with van der Waals surface area (Å²) in [5.41, 5.74) is -0.995. The third kappa shape index (κ3) is 3.36. The van der Waals surface area contributed by atoms with Crippen molar-refractivity contribution in [2.24, 2.45) is 0 Å². The van der Waals surface area contributed by atoms with Crippen LogP contribution in [0.4, 0.5) is 0 Å². The second-order valence-electron chi connectivity index (χ2n) is 4.74. The Balaban J connectivity index is 2.13. The van der Waals surface area contributed by atoms with Crippen LogP contribution in [0.25, 0.3) is 0 Å². The molecule has 1 atom stereocenters. The van der Waals surface area contributed by atoms with E-state index in [0.29, 0.717) is 6.61 Å². The van der Waals surface area contributed by atoms with Crippen LogP contribution < -0.4 is 10.3 Å². The van der Waals surface area contributed by atoms with Gasteiger partial charge < -0.3 is 9.72 Å². The van der Waals surface area contributed by atoms with Gasteiger partial charge in [0.1, 0.15) is 5.02 Å². The molecule has 1 saturated heterocycles. The molecule has 8 heteroatoms. The number of halogens is 1. The van der Waals surface area contributed by atoms with Crippen molar-refractivity contribution in [3.8, 4) is 0 Å². The highest BCUT2D eigenvalue weighted by atomic mass is 35.5. The molecule has 2 N–H and O–H groups in total. The van der Waals surface area contributed by atoms with Gasteiger partial charge in [0.15, 0.2) is 0 Å². The summed E-state index contributed by atoms with van der Waals surface area (Å²) in [4.78, 5) is 13.3. The fourth-order valence-electron chi connectivity index (χ4n) is 1.90. The van der Waals surface area contributed by atoms with Crippen LogP contribution in [0.3, 0.4) is 0 Å². The van der Waals surface area contributed by atoms with Gasteiger partial charge in [-0.2, -0.15) is 0 Å². The number of rotatable bonds is 4. The summed E-state index contributed by atoms with van der Waals surface area (Å²) >= 11 is 5.61. The molecule has 2 rings (SSSR count). The number of aromatic nitrogens is 1. The molecule has 0 aromatic carbocycles. The van der Waals surface area contributed by atoms with Crippen LogP contribution >= 0.6 is 11.6 Å². The first-order valence-corrected chi connectivity index (χ1v) is 7.70. The van der Waals surface area contributed by atoms with Gasteiger partial charge in [-0.25, -0.2) is 13.1 Å². The highest BCUT2D eigenvalue weighted by Crippen LogP contribution is 2.24. The molecule has 19 heavy (non-hydrogen) atoms. The Morgan fingerprint density at radius 2 is 2.32 bits per heavy atom. The Morgan fingerprint density at radius 3 is 2.89 bits per heavy atom. The second kappa shape index (κ2) is 5.24. The molecule has 0 aliphatic carbocycles. The van der Waals surface area contributed by atoms with E-state index in [1.807, 2.05) is 6.92 Å². The molecule has 106 valence electrons. The average molecular weight is 307 g/mol. The van der Waals surface area contributed by atoms with E-state index < -0.39 is 21.2 Å². The van der Waals surface area contributed by atoms with Crippen LogP contribution in [0.15, 0.2) is 22.0 Å². The van der Waals surface area contributed by atoms with Crippen molar-refractivity contribution in [3.05, 3.63) is 27.6 Å². The van der Waals surface area contributed by atoms with Gasteiger partial charge >= 0.3 is 0 Å². The average Bonchev–Trinajstić information content (AvgIpc) is 2.78. The smallest absolute Gasteiger partial charge is 0.266 e. The minimum absolute atomic E-state index is 0.0707. The zero-order chi connectivity index (χ0) is 14.1. The van der Waals surface area contributed by atoms with Gasteiger partial charge in [0.2, 0.25) is 10.0 Å². The van der Waals surface area contributed by atoms with E-state index in [0.717, 1.165) is 25.1 Å². The molecule has 0 bridgehead atoms. The Hall–Kier alpha value is -0.890. The topological polar surface area (TPSA) is 88.3 Å². The lowest BCUT2D eigenvalue weighted by Gasteiger charge is -2.23. The molecular weight excluding hydrogens is 292 g/mol. The van der Waals surface area contributed by atoms with Crippen LogP contribution in [-0.4, -0.2) is 32.2 Å². The predicted molar refractivity (Wildman–Crippen MR) is 70.9 cm³/mol. The molecule has 0 amide bonds. The zero-order valence-electron chi connectivity index (χ0n) is 10.4. The number of H-pyrrole nitrogens is 1. The lowest BCUT2D eigenvalue weighted by atomic mass is 10.0. The molecule has 2 heterocycles. The molecule has 1 aliphatic rings. The number of hydrogen-bond donors (Lipinski definition) is 2. The fraction of sp³-hybridized carbons (Fsp3) is 0.545. The van der Waals surface area contributed by atoms with Crippen molar-refractivity contribution in [3.63, 3.8) is 0 Å². The number of nitrogens with one attached hydrogen (secondary N) is 2. The van der Waals surface area contributed by atoms with Crippen LogP contribution in [0.2, 0.25) is 5.02 Å². The van der Waals surface area contributed by atoms with Gasteiger partial charge in [-0.15, -0.1) is 0 Å². The quantitative estimate of drug-likeness (QED) is 0.864. The largest absolute Gasteiger partial charge is 0.374 e. The van der Waals surface area contributed by atoms with E-state index >= 15 is 0 Å². The maximum absolute atomic E-state index is 12.0. The molecule has 1 aliphatic heterocycles. The molecule has 0 saturated carbocycles. The lowest BCUT2D eigenvalue weighted by Crippen LogP contribution is -2.40. The van der Waals surface area contributed by atoms with Gasteiger partial charge in [0.25, 0.3) is 5.56 Å². The Morgan fingerprint density at radius 1 is 1.58 bits per heavy atom. The highest BCUT2D eigenvalue weighted by molar-refractivity contribution is 7.89. The summed E-state index contributed by atoms with van der Waals surface area (Å²) in [5.74, 6) is 0. The van der Waals surface area contributed by atoms with E-state index in [4.69, 9.17) is 16.3 Å². The van der Waals surface area contributed by atoms with Crippen LogP contribution in [-0.2, 0) is 14.8 Å². The third-order valence-corrected chi connectivity index (χ3v) is 4.74. The standard InChI is InChI=1S/C11H15ClN2O4S/c1-11(3-2-4-18-11)7-14-19(16,17)8-5-9(12)10(15)13-6-8/h5-6,14H,2-4,7H2,1H3,(H,13,15). The van der Waals surface area contributed by atoms with Crippen molar-refractivity contribution < 1.29 is 13.2 Å². The molecule has 1 aromatic rings. The van der Waals surface area contributed by atoms with E-state index in [9.17, 15) is 13.2 Å². The summed E-state index contributed by atoms with van der Waals surface area (Å²) in [6.45, 7) is 2.69. The highest BCUT2D eigenvalue weighted by Gasteiger charge is 2.31. The van der Waals surface area contributed by atoms with Gasteiger partial charge in [-0.1, -0.05) is 11.6 Å². The van der Waals surface area contributed by atoms with Crippen LogP contribution in [0, 0.1) is 0 Å². The first kappa shape index (κ1) is 14.5. The van der Waals surface area contributed by atoms with Crippen molar-refractivity contribution >= 4 is 21.6 Å². The molecule has 1 fully saturated rings. The lowest BCUT2D eigenvalue weighted by molar-refractivity contribution is 0.0250. The minimum Gasteiger partial charge on any atom is -0.374 e. The number of sulfonamides is 1. The minimum atomic E-state index is -3.71. The molecule has 0 radical (unpaired) electrons. The van der Waals surface area contributed by atoms with E-state index in [-0.39, 0.29) is 16.5 Å². The summed E-state index contributed by atoms with van der Waals surface area (Å²) < 4.78 is 32.1. The van der Waals surface area contributed by atoms with E-state index in [2.05, 4.69) is 9.71 Å². The molecule has 1 unspecified atom stereocenters. The van der Waals surface area contributed by atoms with Crippen molar-refractivity contribution in [2.75, 3.05) is 13.2 Å². The fourth-order valence-corrected chi connectivity index (χ4v) is 3.29. The molecule has 0 spiro atoms. The number of ether oxygens (including phenoxy) is 1. The van der Waals surface area contributed by atoms with Gasteiger partial charge in [-0.3, -0.25) is 4.79 Å². The summed E-state index contributed by atoms with van der Waals surface area (Å²) in [6.07, 6.45) is 2.85. The monoisotopic (exact) mass is 306 g/mol. The Bertz CT molecular complexity index is 620.